The van der Waals surface area contributed by atoms with E-state index in [9.17, 15) is 4.39 Å². The van der Waals surface area contributed by atoms with E-state index < -0.39 is 0 Å². The molecule has 0 nitrogen and oxygen atoms in total. The first kappa shape index (κ1) is 13.2. The lowest BCUT2D eigenvalue weighted by Gasteiger charge is -2.31. The van der Waals surface area contributed by atoms with Crippen LogP contribution in [-0.4, -0.2) is 0 Å². The zero-order chi connectivity index (χ0) is 12.2. The highest BCUT2D eigenvalue weighted by molar-refractivity contribution is 5.22. The van der Waals surface area contributed by atoms with E-state index in [1.165, 1.54) is 24.8 Å². The van der Waals surface area contributed by atoms with E-state index in [0.717, 1.165) is 0 Å². The van der Waals surface area contributed by atoms with Crippen LogP contribution in [0, 0.1) is 11.2 Å². The van der Waals surface area contributed by atoms with Crippen LogP contribution in [-0.2, 0) is 0 Å². The molecule has 1 unspecified atom stereocenters. The minimum absolute atomic E-state index is 0.146. The number of hydrogen-bond donors (Lipinski definition) is 0. The molecule has 1 heteroatoms. The molecule has 0 amide bonds. The molecule has 0 aliphatic heterocycles. The summed E-state index contributed by atoms with van der Waals surface area (Å²) in [5.74, 6) is 0.375. The maximum atomic E-state index is 12.9. The monoisotopic (exact) mass is 222 g/mol. The molecule has 0 aromatic heterocycles. The van der Waals surface area contributed by atoms with Gasteiger partial charge in [-0.15, -0.1) is 0 Å². The van der Waals surface area contributed by atoms with Gasteiger partial charge in [-0.3, -0.25) is 0 Å². The van der Waals surface area contributed by atoms with E-state index in [1.807, 2.05) is 12.1 Å². The van der Waals surface area contributed by atoms with Gasteiger partial charge in [-0.2, -0.15) is 0 Å². The van der Waals surface area contributed by atoms with Gasteiger partial charge in [-0.05, 0) is 35.4 Å². The molecule has 0 heterocycles. The largest absolute Gasteiger partial charge is 0.207 e. The molecule has 1 rings (SSSR count). The Hall–Kier alpha value is -0.850. The van der Waals surface area contributed by atoms with E-state index in [-0.39, 0.29) is 11.2 Å². The molecule has 0 spiro atoms. The van der Waals surface area contributed by atoms with Crippen LogP contribution in [0.2, 0.25) is 0 Å². The summed E-state index contributed by atoms with van der Waals surface area (Å²) in [6, 6.07) is 7.00. The Morgan fingerprint density at radius 1 is 1.12 bits per heavy atom. The Bertz CT molecular complexity index is 305. The van der Waals surface area contributed by atoms with Crippen molar-refractivity contribution in [1.82, 2.24) is 0 Å². The second-order valence-corrected chi connectivity index (χ2v) is 5.61. The number of rotatable bonds is 4. The van der Waals surface area contributed by atoms with E-state index in [0.29, 0.717) is 5.92 Å². The summed E-state index contributed by atoms with van der Waals surface area (Å²) in [5, 5.41) is 0. The van der Waals surface area contributed by atoms with E-state index in [4.69, 9.17) is 0 Å². The summed E-state index contributed by atoms with van der Waals surface area (Å²) in [5.41, 5.74) is 1.51. The first-order chi connectivity index (χ1) is 7.45. The molecule has 0 aliphatic carbocycles. The van der Waals surface area contributed by atoms with Crippen LogP contribution in [0.4, 0.5) is 4.39 Å². The topological polar surface area (TPSA) is 0 Å². The Morgan fingerprint density at radius 2 is 1.69 bits per heavy atom. The lowest BCUT2D eigenvalue weighted by atomic mass is 9.74. The second kappa shape index (κ2) is 5.47. The van der Waals surface area contributed by atoms with Crippen molar-refractivity contribution in [1.29, 1.82) is 0 Å². The van der Waals surface area contributed by atoms with Crippen LogP contribution in [0.15, 0.2) is 24.3 Å². The molecular formula is C15H23F. The third kappa shape index (κ3) is 3.62. The lowest BCUT2D eigenvalue weighted by Crippen LogP contribution is -2.18. The zero-order valence-electron chi connectivity index (χ0n) is 10.9. The standard InChI is InChI=1S/C15H23F/c1-5-6-7-14(15(2,3)4)12-8-10-13(16)11-9-12/h8-11,14H,5-7H2,1-4H3. The van der Waals surface area contributed by atoms with E-state index in [1.54, 1.807) is 12.1 Å². The van der Waals surface area contributed by atoms with Crippen molar-refractivity contribution in [3.05, 3.63) is 35.6 Å². The van der Waals surface area contributed by atoms with Gasteiger partial charge >= 0.3 is 0 Å². The van der Waals surface area contributed by atoms with Gasteiger partial charge in [0.2, 0.25) is 0 Å². The minimum atomic E-state index is -0.146. The molecule has 0 bridgehead atoms. The third-order valence-electron chi connectivity index (χ3n) is 3.16. The van der Waals surface area contributed by atoms with Crippen LogP contribution < -0.4 is 0 Å². The predicted octanol–water partition coefficient (Wildman–Crippen LogP) is 5.15. The quantitative estimate of drug-likeness (QED) is 0.661. The fourth-order valence-electron chi connectivity index (χ4n) is 2.20. The van der Waals surface area contributed by atoms with Gasteiger partial charge < -0.3 is 0 Å². The molecular weight excluding hydrogens is 199 g/mol. The van der Waals surface area contributed by atoms with Crippen molar-refractivity contribution < 1.29 is 4.39 Å². The molecule has 0 radical (unpaired) electrons. The maximum Gasteiger partial charge on any atom is 0.123 e. The average Bonchev–Trinajstić information content (AvgIpc) is 2.19. The second-order valence-electron chi connectivity index (χ2n) is 5.61. The van der Waals surface area contributed by atoms with E-state index in [2.05, 4.69) is 27.7 Å². The van der Waals surface area contributed by atoms with Gasteiger partial charge in [-0.25, -0.2) is 4.39 Å². The van der Waals surface area contributed by atoms with Crippen LogP contribution in [0.25, 0.3) is 0 Å². The number of benzene rings is 1. The van der Waals surface area contributed by atoms with Crippen molar-refractivity contribution in [2.45, 2.75) is 52.9 Å². The van der Waals surface area contributed by atoms with Gasteiger partial charge in [0.25, 0.3) is 0 Å². The zero-order valence-corrected chi connectivity index (χ0v) is 10.9. The fourth-order valence-corrected chi connectivity index (χ4v) is 2.20. The molecule has 1 atom stereocenters. The summed E-state index contributed by atoms with van der Waals surface area (Å²) < 4.78 is 12.9. The molecule has 0 N–H and O–H groups in total. The van der Waals surface area contributed by atoms with Gasteiger partial charge in [0.05, 0.1) is 0 Å². The molecule has 0 saturated carbocycles. The Morgan fingerprint density at radius 3 is 2.12 bits per heavy atom. The molecule has 0 saturated heterocycles. The predicted molar refractivity (Wildman–Crippen MR) is 68.1 cm³/mol. The SMILES string of the molecule is CCCCC(c1ccc(F)cc1)C(C)(C)C. The van der Waals surface area contributed by atoms with Gasteiger partial charge in [0.1, 0.15) is 5.82 Å². The van der Waals surface area contributed by atoms with Crippen molar-refractivity contribution in [2.75, 3.05) is 0 Å². The first-order valence-corrected chi connectivity index (χ1v) is 6.20. The highest BCUT2D eigenvalue weighted by Crippen LogP contribution is 2.38. The van der Waals surface area contributed by atoms with Crippen LogP contribution in [0.3, 0.4) is 0 Å². The normalized spacial score (nSPS) is 13.8. The summed E-state index contributed by atoms with van der Waals surface area (Å²) in [7, 11) is 0. The van der Waals surface area contributed by atoms with Crippen LogP contribution in [0.1, 0.15) is 58.4 Å². The average molecular weight is 222 g/mol. The molecule has 0 aliphatic rings. The maximum absolute atomic E-state index is 12.9. The van der Waals surface area contributed by atoms with E-state index >= 15 is 0 Å². The van der Waals surface area contributed by atoms with Crippen molar-refractivity contribution >= 4 is 0 Å². The highest BCUT2D eigenvalue weighted by atomic mass is 19.1. The van der Waals surface area contributed by atoms with Gasteiger partial charge in [0.15, 0.2) is 0 Å². The van der Waals surface area contributed by atoms with Gasteiger partial charge in [-0.1, -0.05) is 52.7 Å². The molecule has 1 aromatic rings. The Kier molecular flexibility index (Phi) is 4.52. The molecule has 1 aromatic carbocycles. The van der Waals surface area contributed by atoms with Crippen LogP contribution >= 0.6 is 0 Å². The lowest BCUT2D eigenvalue weighted by molar-refractivity contribution is 0.299. The molecule has 0 fully saturated rings. The minimum Gasteiger partial charge on any atom is -0.207 e. The van der Waals surface area contributed by atoms with Crippen molar-refractivity contribution in [3.63, 3.8) is 0 Å². The van der Waals surface area contributed by atoms with Crippen LogP contribution in [0.5, 0.6) is 0 Å². The van der Waals surface area contributed by atoms with Crippen molar-refractivity contribution in [2.24, 2.45) is 5.41 Å². The summed E-state index contributed by atoms with van der Waals surface area (Å²) in [6.07, 6.45) is 3.64. The fraction of sp³-hybridized carbons (Fsp3) is 0.600. The Balaban J connectivity index is 2.88. The van der Waals surface area contributed by atoms with Crippen molar-refractivity contribution in [3.8, 4) is 0 Å². The number of unbranched alkanes of at least 4 members (excludes halogenated alkanes) is 1. The Labute approximate surface area is 98.9 Å². The smallest absolute Gasteiger partial charge is 0.123 e. The summed E-state index contributed by atoms with van der Waals surface area (Å²) >= 11 is 0. The summed E-state index contributed by atoms with van der Waals surface area (Å²) in [6.45, 7) is 8.99. The summed E-state index contributed by atoms with van der Waals surface area (Å²) in [4.78, 5) is 0. The highest BCUT2D eigenvalue weighted by Gasteiger charge is 2.25. The number of halogens is 1. The molecule has 90 valence electrons. The number of hydrogen-bond acceptors (Lipinski definition) is 0. The molecule has 16 heavy (non-hydrogen) atoms. The third-order valence-corrected chi connectivity index (χ3v) is 3.16. The van der Waals surface area contributed by atoms with Gasteiger partial charge in [0, 0.05) is 0 Å². The first-order valence-electron chi connectivity index (χ1n) is 6.20.